The number of anilines is 1. The van der Waals surface area contributed by atoms with Gasteiger partial charge >= 0.3 is 12.1 Å². The number of aryl methyl sites for hydroxylation is 1. The first-order valence-corrected chi connectivity index (χ1v) is 8.90. The van der Waals surface area contributed by atoms with Gasteiger partial charge in [-0.15, -0.1) is 11.3 Å². The van der Waals surface area contributed by atoms with E-state index < -0.39 is 24.3 Å². The minimum absolute atomic E-state index is 0.0720. The number of alkyl halides is 3. The number of hydrazone groups is 1. The van der Waals surface area contributed by atoms with Crippen LogP contribution in [0.15, 0.2) is 34.7 Å². The van der Waals surface area contributed by atoms with Crippen molar-refractivity contribution in [1.29, 1.82) is 0 Å². The minimum atomic E-state index is -4.99. The molecule has 2 aromatic rings. The van der Waals surface area contributed by atoms with Gasteiger partial charge in [0.05, 0.1) is 18.7 Å². The van der Waals surface area contributed by atoms with Crippen molar-refractivity contribution in [2.75, 3.05) is 11.6 Å². The van der Waals surface area contributed by atoms with Crippen LogP contribution in [0.25, 0.3) is 0 Å². The van der Waals surface area contributed by atoms with E-state index >= 15 is 0 Å². The summed E-state index contributed by atoms with van der Waals surface area (Å²) in [7, 11) is 0. The highest BCUT2D eigenvalue weighted by molar-refractivity contribution is 7.14. The van der Waals surface area contributed by atoms with Gasteiger partial charge in [-0.2, -0.15) is 23.3 Å². The summed E-state index contributed by atoms with van der Waals surface area (Å²) in [6, 6.07) is 6.77. The van der Waals surface area contributed by atoms with E-state index in [4.69, 9.17) is 4.74 Å². The molecule has 0 bridgehead atoms. The summed E-state index contributed by atoms with van der Waals surface area (Å²) in [5.74, 6) is -0.752. The molecular weight excluding hydrogens is 383 g/mol. The molecule has 10 heteroatoms. The largest absolute Gasteiger partial charge is 0.461 e. The molecule has 1 aliphatic rings. The van der Waals surface area contributed by atoms with Crippen molar-refractivity contribution in [1.82, 2.24) is 4.98 Å². The molecule has 144 valence electrons. The van der Waals surface area contributed by atoms with Gasteiger partial charge in [0.2, 0.25) is 5.13 Å². The van der Waals surface area contributed by atoms with Crippen molar-refractivity contribution < 1.29 is 27.8 Å². The van der Waals surface area contributed by atoms with Crippen LogP contribution in [0.3, 0.4) is 0 Å². The van der Waals surface area contributed by atoms with Crippen molar-refractivity contribution in [3.05, 3.63) is 46.5 Å². The Morgan fingerprint density at radius 3 is 2.63 bits per heavy atom. The van der Waals surface area contributed by atoms with Crippen LogP contribution in [-0.2, 0) is 4.74 Å². The normalized spacial score (nSPS) is 19.9. The van der Waals surface area contributed by atoms with Crippen molar-refractivity contribution in [3.8, 4) is 0 Å². The third-order valence-electron chi connectivity index (χ3n) is 3.98. The molecule has 1 aliphatic heterocycles. The SMILES string of the molecule is CCOC(=O)c1csc(N2N=C(c3ccc(C)cc3)CC2(O)C(F)(F)F)n1. The van der Waals surface area contributed by atoms with Crippen molar-refractivity contribution in [2.24, 2.45) is 5.10 Å². The number of thiazole rings is 1. The van der Waals surface area contributed by atoms with E-state index in [0.717, 1.165) is 16.9 Å². The van der Waals surface area contributed by atoms with E-state index in [1.165, 1.54) is 5.38 Å². The summed E-state index contributed by atoms with van der Waals surface area (Å²) in [6.45, 7) is 3.56. The van der Waals surface area contributed by atoms with Crippen LogP contribution in [0.5, 0.6) is 0 Å². The predicted molar refractivity (Wildman–Crippen MR) is 93.9 cm³/mol. The van der Waals surface area contributed by atoms with Crippen LogP contribution in [0, 0.1) is 6.92 Å². The van der Waals surface area contributed by atoms with Crippen LogP contribution < -0.4 is 5.01 Å². The Labute approximate surface area is 156 Å². The van der Waals surface area contributed by atoms with Crippen LogP contribution >= 0.6 is 11.3 Å². The number of hydrogen-bond acceptors (Lipinski definition) is 7. The molecule has 1 N–H and O–H groups in total. The average Bonchev–Trinajstić information content (AvgIpc) is 3.20. The van der Waals surface area contributed by atoms with E-state index in [1.54, 1.807) is 31.2 Å². The Morgan fingerprint density at radius 1 is 1.37 bits per heavy atom. The average molecular weight is 399 g/mol. The number of esters is 1. The molecule has 3 rings (SSSR count). The molecular formula is C17H16F3N3O3S. The fraction of sp³-hybridized carbons (Fsp3) is 0.353. The molecule has 0 saturated carbocycles. The molecule has 0 saturated heterocycles. The molecule has 1 aromatic heterocycles. The fourth-order valence-electron chi connectivity index (χ4n) is 2.53. The fourth-order valence-corrected chi connectivity index (χ4v) is 3.34. The van der Waals surface area contributed by atoms with Gasteiger partial charge in [0.15, 0.2) is 5.69 Å². The number of carbonyl (C=O) groups excluding carboxylic acids is 1. The Bertz CT molecular complexity index is 880. The number of hydrogen-bond donors (Lipinski definition) is 1. The number of nitrogens with zero attached hydrogens (tertiary/aromatic N) is 3. The van der Waals surface area contributed by atoms with Crippen LogP contribution in [0.2, 0.25) is 0 Å². The van der Waals surface area contributed by atoms with Crippen molar-refractivity contribution in [2.45, 2.75) is 32.2 Å². The summed E-state index contributed by atoms with van der Waals surface area (Å²) in [5, 5.41) is 15.8. The number of aliphatic hydroxyl groups is 1. The zero-order valence-corrected chi connectivity index (χ0v) is 15.3. The zero-order valence-electron chi connectivity index (χ0n) is 14.4. The second-order valence-corrected chi connectivity index (χ2v) is 6.79. The maximum absolute atomic E-state index is 13.6. The van der Waals surface area contributed by atoms with Gasteiger partial charge in [-0.1, -0.05) is 29.8 Å². The predicted octanol–water partition coefficient (Wildman–Crippen LogP) is 3.49. The maximum Gasteiger partial charge on any atom is 0.438 e. The van der Waals surface area contributed by atoms with E-state index in [0.29, 0.717) is 10.6 Å². The minimum Gasteiger partial charge on any atom is -0.461 e. The molecule has 0 amide bonds. The third kappa shape index (κ3) is 3.54. The summed E-state index contributed by atoms with van der Waals surface area (Å²) >= 11 is 0.766. The highest BCUT2D eigenvalue weighted by atomic mass is 32.1. The number of aromatic nitrogens is 1. The number of benzene rings is 1. The molecule has 27 heavy (non-hydrogen) atoms. The van der Waals surface area contributed by atoms with Crippen LogP contribution in [0.4, 0.5) is 18.3 Å². The molecule has 1 unspecified atom stereocenters. The van der Waals surface area contributed by atoms with Crippen molar-refractivity contribution in [3.63, 3.8) is 0 Å². The van der Waals surface area contributed by atoms with Crippen molar-refractivity contribution >= 4 is 28.1 Å². The van der Waals surface area contributed by atoms with Gasteiger partial charge in [-0.05, 0) is 19.4 Å². The van der Waals surface area contributed by atoms with Gasteiger partial charge in [0.1, 0.15) is 0 Å². The summed E-state index contributed by atoms with van der Waals surface area (Å²) in [5.41, 5.74) is -1.91. The highest BCUT2D eigenvalue weighted by Gasteiger charge is 2.62. The molecule has 0 aliphatic carbocycles. The van der Waals surface area contributed by atoms with Crippen LogP contribution in [-0.4, -0.2) is 40.3 Å². The Balaban J connectivity index is 2.01. The van der Waals surface area contributed by atoms with E-state index in [9.17, 15) is 23.1 Å². The third-order valence-corrected chi connectivity index (χ3v) is 4.80. The zero-order chi connectivity index (χ0) is 19.8. The summed E-state index contributed by atoms with van der Waals surface area (Å²) in [6.07, 6.45) is -5.74. The molecule has 6 nitrogen and oxygen atoms in total. The Morgan fingerprint density at radius 2 is 2.04 bits per heavy atom. The molecule has 0 spiro atoms. The standard InChI is InChI=1S/C17H16F3N3O3S/c1-3-26-14(24)13-9-27-15(21-13)23-16(25,17(18,19)20)8-12(22-23)11-6-4-10(2)5-7-11/h4-7,9,25H,3,8H2,1-2H3. The van der Waals surface area contributed by atoms with E-state index in [-0.39, 0.29) is 23.1 Å². The van der Waals surface area contributed by atoms with Gasteiger partial charge in [0.25, 0.3) is 5.72 Å². The molecule has 0 radical (unpaired) electrons. The highest BCUT2D eigenvalue weighted by Crippen LogP contribution is 2.44. The Kier molecular flexibility index (Phi) is 4.96. The molecule has 1 aromatic carbocycles. The maximum atomic E-state index is 13.6. The summed E-state index contributed by atoms with van der Waals surface area (Å²) < 4.78 is 45.7. The molecule has 1 atom stereocenters. The van der Waals surface area contributed by atoms with Gasteiger partial charge < -0.3 is 9.84 Å². The number of halogens is 3. The lowest BCUT2D eigenvalue weighted by Gasteiger charge is -2.32. The topological polar surface area (TPSA) is 75.0 Å². The first-order valence-electron chi connectivity index (χ1n) is 8.02. The molecule has 2 heterocycles. The lowest BCUT2D eigenvalue weighted by Crippen LogP contribution is -2.55. The molecule has 0 fully saturated rings. The van der Waals surface area contributed by atoms with Crippen LogP contribution in [0.1, 0.15) is 35.0 Å². The van der Waals surface area contributed by atoms with Gasteiger partial charge in [-0.25, -0.2) is 9.78 Å². The second-order valence-electron chi connectivity index (χ2n) is 5.95. The van der Waals surface area contributed by atoms with Gasteiger partial charge in [-0.3, -0.25) is 0 Å². The first kappa shape index (κ1) is 19.3. The second kappa shape index (κ2) is 6.93. The number of rotatable bonds is 4. The first-order chi connectivity index (χ1) is 12.7. The lowest BCUT2D eigenvalue weighted by atomic mass is 10.0. The number of ether oxygens (including phenoxy) is 1. The summed E-state index contributed by atoms with van der Waals surface area (Å²) in [4.78, 5) is 15.6. The quantitative estimate of drug-likeness (QED) is 0.797. The monoisotopic (exact) mass is 399 g/mol. The lowest BCUT2D eigenvalue weighted by molar-refractivity contribution is -0.254. The number of carbonyl (C=O) groups is 1. The smallest absolute Gasteiger partial charge is 0.438 e. The van der Waals surface area contributed by atoms with Gasteiger partial charge in [0, 0.05) is 5.38 Å². The Hall–Kier alpha value is -2.46. The van der Waals surface area contributed by atoms with E-state index in [2.05, 4.69) is 10.1 Å². The van der Waals surface area contributed by atoms with E-state index in [1.807, 2.05) is 6.92 Å².